The number of ether oxygens (including phenoxy) is 1. The molecule has 0 atom stereocenters. The van der Waals surface area contributed by atoms with Gasteiger partial charge in [-0.2, -0.15) is 0 Å². The van der Waals surface area contributed by atoms with Gasteiger partial charge >= 0.3 is 0 Å². The van der Waals surface area contributed by atoms with Crippen molar-refractivity contribution in [1.82, 2.24) is 4.90 Å². The zero-order valence-corrected chi connectivity index (χ0v) is 12.8. The highest BCUT2D eigenvalue weighted by Crippen LogP contribution is 2.21. The van der Waals surface area contributed by atoms with Crippen molar-refractivity contribution in [2.24, 2.45) is 0 Å². The van der Waals surface area contributed by atoms with E-state index in [2.05, 4.69) is 0 Å². The summed E-state index contributed by atoms with van der Waals surface area (Å²) in [7, 11) is 3.64. The molecular formula is C16H24N2O3. The number of hydrogen-bond acceptors (Lipinski definition) is 4. The number of nitrogens with zero attached hydrogens (tertiary/aromatic N) is 2. The first kappa shape index (κ1) is 15.9. The second-order valence-corrected chi connectivity index (χ2v) is 5.80. The molecule has 1 aliphatic rings. The van der Waals surface area contributed by atoms with Crippen molar-refractivity contribution >= 4 is 11.6 Å². The molecule has 1 aliphatic heterocycles. The number of aliphatic hydroxyl groups is 1. The lowest BCUT2D eigenvalue weighted by Gasteiger charge is -2.35. The Morgan fingerprint density at radius 2 is 1.86 bits per heavy atom. The Morgan fingerprint density at radius 1 is 1.24 bits per heavy atom. The van der Waals surface area contributed by atoms with Crippen LogP contribution in [0.1, 0.15) is 12.8 Å². The molecule has 1 fully saturated rings. The monoisotopic (exact) mass is 292 g/mol. The highest BCUT2D eigenvalue weighted by Gasteiger charge is 2.31. The van der Waals surface area contributed by atoms with Gasteiger partial charge in [-0.15, -0.1) is 0 Å². The fraction of sp³-hybridized carbons (Fsp3) is 0.562. The Labute approximate surface area is 126 Å². The van der Waals surface area contributed by atoms with Gasteiger partial charge in [0.2, 0.25) is 5.91 Å². The van der Waals surface area contributed by atoms with Crippen molar-refractivity contribution in [3.05, 3.63) is 30.3 Å². The van der Waals surface area contributed by atoms with Crippen LogP contribution >= 0.6 is 0 Å². The molecule has 0 radical (unpaired) electrons. The molecule has 5 heteroatoms. The first-order chi connectivity index (χ1) is 10.0. The zero-order chi connectivity index (χ0) is 15.3. The summed E-state index contributed by atoms with van der Waals surface area (Å²) in [6.07, 6.45) is 1.25. The number of carbonyl (C=O) groups excluding carboxylic acids is 1. The summed E-state index contributed by atoms with van der Waals surface area (Å²) in [5.74, 6) is 0.0133. The van der Waals surface area contributed by atoms with E-state index >= 15 is 0 Å². The molecule has 2 rings (SSSR count). The van der Waals surface area contributed by atoms with Gasteiger partial charge in [-0.1, -0.05) is 18.2 Å². The average molecular weight is 292 g/mol. The normalized spacial score (nSPS) is 17.7. The van der Waals surface area contributed by atoms with Gasteiger partial charge < -0.3 is 14.7 Å². The van der Waals surface area contributed by atoms with E-state index in [9.17, 15) is 9.90 Å². The number of carbonyl (C=O) groups is 1. The fourth-order valence-electron chi connectivity index (χ4n) is 2.60. The third-order valence-corrected chi connectivity index (χ3v) is 3.91. The summed E-state index contributed by atoms with van der Waals surface area (Å²) in [6, 6.07) is 9.56. The number of likely N-dealkylation sites (N-methyl/N-ethyl adjacent to an activating group) is 2. The summed E-state index contributed by atoms with van der Waals surface area (Å²) >= 11 is 0. The van der Waals surface area contributed by atoms with E-state index in [1.54, 1.807) is 11.9 Å². The van der Waals surface area contributed by atoms with Crippen molar-refractivity contribution in [3.8, 4) is 0 Å². The summed E-state index contributed by atoms with van der Waals surface area (Å²) < 4.78 is 5.27. The van der Waals surface area contributed by atoms with Gasteiger partial charge in [-0.05, 0) is 19.2 Å². The molecule has 1 aromatic carbocycles. The smallest absolute Gasteiger partial charge is 0.240 e. The highest BCUT2D eigenvalue weighted by molar-refractivity contribution is 5.94. The first-order valence-corrected chi connectivity index (χ1v) is 7.30. The third-order valence-electron chi connectivity index (χ3n) is 3.91. The molecule has 5 nitrogen and oxygen atoms in total. The Balaban J connectivity index is 1.87. The predicted molar refractivity (Wildman–Crippen MR) is 82.4 cm³/mol. The van der Waals surface area contributed by atoms with Crippen molar-refractivity contribution in [2.45, 2.75) is 18.4 Å². The van der Waals surface area contributed by atoms with E-state index in [0.717, 1.165) is 5.69 Å². The standard InChI is InChI=1S/C16H24N2O3/c1-17(13-16(20)8-10-21-11-9-16)12-15(19)18(2)14-6-4-3-5-7-14/h3-7,20H,8-13H2,1-2H3. The molecule has 0 spiro atoms. The van der Waals surface area contributed by atoms with Gasteiger partial charge in [0.15, 0.2) is 0 Å². The Kier molecular flexibility index (Phi) is 5.33. The van der Waals surface area contributed by atoms with Crippen LogP contribution in [0.3, 0.4) is 0 Å². The van der Waals surface area contributed by atoms with Crippen LogP contribution in [0.5, 0.6) is 0 Å². The van der Waals surface area contributed by atoms with Crippen LogP contribution in [-0.2, 0) is 9.53 Å². The van der Waals surface area contributed by atoms with Gasteiger partial charge in [-0.3, -0.25) is 9.69 Å². The van der Waals surface area contributed by atoms with E-state index in [1.807, 2.05) is 42.3 Å². The van der Waals surface area contributed by atoms with E-state index < -0.39 is 5.60 Å². The van der Waals surface area contributed by atoms with Crippen LogP contribution in [0.4, 0.5) is 5.69 Å². The molecule has 1 heterocycles. The minimum atomic E-state index is -0.738. The minimum absolute atomic E-state index is 0.0133. The second kappa shape index (κ2) is 7.02. The maximum absolute atomic E-state index is 12.3. The molecule has 0 bridgehead atoms. The van der Waals surface area contributed by atoms with Gasteiger partial charge in [-0.25, -0.2) is 0 Å². The maximum atomic E-state index is 12.3. The third kappa shape index (κ3) is 4.52. The molecule has 1 saturated heterocycles. The topological polar surface area (TPSA) is 53.0 Å². The maximum Gasteiger partial charge on any atom is 0.240 e. The lowest BCUT2D eigenvalue weighted by molar-refractivity contribution is -0.120. The number of rotatable bonds is 5. The van der Waals surface area contributed by atoms with Crippen LogP contribution in [0.2, 0.25) is 0 Å². The minimum Gasteiger partial charge on any atom is -0.388 e. The zero-order valence-electron chi connectivity index (χ0n) is 12.8. The molecule has 0 aromatic heterocycles. The molecule has 1 amide bonds. The predicted octanol–water partition coefficient (Wildman–Crippen LogP) is 1.12. The SMILES string of the molecule is CN(CC(=O)N(C)c1ccccc1)CC1(O)CCOCC1. The Bertz CT molecular complexity index is 458. The average Bonchev–Trinajstić information content (AvgIpc) is 2.47. The summed E-state index contributed by atoms with van der Waals surface area (Å²) in [5, 5.41) is 10.5. The molecule has 1 aromatic rings. The van der Waals surface area contributed by atoms with Crippen molar-refractivity contribution in [2.75, 3.05) is 45.3 Å². The highest BCUT2D eigenvalue weighted by atomic mass is 16.5. The first-order valence-electron chi connectivity index (χ1n) is 7.30. The molecule has 0 unspecified atom stereocenters. The quantitative estimate of drug-likeness (QED) is 0.884. The second-order valence-electron chi connectivity index (χ2n) is 5.80. The molecular weight excluding hydrogens is 268 g/mol. The lowest BCUT2D eigenvalue weighted by Crippen LogP contribution is -2.48. The Morgan fingerprint density at radius 3 is 2.48 bits per heavy atom. The number of hydrogen-bond donors (Lipinski definition) is 1. The summed E-state index contributed by atoms with van der Waals surface area (Å²) in [4.78, 5) is 15.8. The largest absolute Gasteiger partial charge is 0.388 e. The van der Waals surface area contributed by atoms with Crippen molar-refractivity contribution < 1.29 is 14.6 Å². The van der Waals surface area contributed by atoms with Gasteiger partial charge in [0.05, 0.1) is 12.1 Å². The van der Waals surface area contributed by atoms with E-state index in [0.29, 0.717) is 32.6 Å². The number of anilines is 1. The molecule has 0 saturated carbocycles. The van der Waals surface area contributed by atoms with E-state index in [1.165, 1.54) is 0 Å². The molecule has 1 N–H and O–H groups in total. The van der Waals surface area contributed by atoms with Crippen LogP contribution in [0.25, 0.3) is 0 Å². The number of para-hydroxylation sites is 1. The van der Waals surface area contributed by atoms with Crippen LogP contribution < -0.4 is 4.90 Å². The Hall–Kier alpha value is -1.43. The summed E-state index contributed by atoms with van der Waals surface area (Å²) in [5.41, 5.74) is 0.138. The molecule has 0 aliphatic carbocycles. The lowest BCUT2D eigenvalue weighted by atomic mass is 9.94. The van der Waals surface area contributed by atoms with Crippen molar-refractivity contribution in [1.29, 1.82) is 0 Å². The number of benzene rings is 1. The summed E-state index contributed by atoms with van der Waals surface area (Å²) in [6.45, 7) is 1.95. The van der Waals surface area contributed by atoms with Gasteiger partial charge in [0, 0.05) is 45.3 Å². The van der Waals surface area contributed by atoms with E-state index in [4.69, 9.17) is 4.74 Å². The van der Waals surface area contributed by atoms with Gasteiger partial charge in [0.1, 0.15) is 0 Å². The van der Waals surface area contributed by atoms with E-state index in [-0.39, 0.29) is 12.5 Å². The molecule has 21 heavy (non-hydrogen) atoms. The molecule has 116 valence electrons. The van der Waals surface area contributed by atoms with Crippen LogP contribution in [-0.4, -0.2) is 61.9 Å². The van der Waals surface area contributed by atoms with Gasteiger partial charge in [0.25, 0.3) is 0 Å². The number of amides is 1. The van der Waals surface area contributed by atoms with Crippen LogP contribution in [0, 0.1) is 0 Å². The fourth-order valence-corrected chi connectivity index (χ4v) is 2.60. The van der Waals surface area contributed by atoms with Crippen molar-refractivity contribution in [3.63, 3.8) is 0 Å². The van der Waals surface area contributed by atoms with Crippen LogP contribution in [0.15, 0.2) is 30.3 Å².